The van der Waals surface area contributed by atoms with Crippen molar-refractivity contribution in [1.29, 1.82) is 0 Å². The summed E-state index contributed by atoms with van der Waals surface area (Å²) in [5.74, 6) is -0.496. The van der Waals surface area contributed by atoms with E-state index in [0.717, 1.165) is 0 Å². The van der Waals surface area contributed by atoms with Crippen LogP contribution in [0.4, 0.5) is 4.39 Å². The summed E-state index contributed by atoms with van der Waals surface area (Å²) < 4.78 is 12.1. The molecule has 1 rings (SSSR count). The van der Waals surface area contributed by atoms with Crippen LogP contribution in [0.15, 0.2) is 6.20 Å². The first-order valence-electron chi connectivity index (χ1n) is 3.56. The van der Waals surface area contributed by atoms with Crippen LogP contribution in [-0.4, -0.2) is 21.5 Å². The van der Waals surface area contributed by atoms with Crippen LogP contribution < -0.4 is 0 Å². The molecule has 13 heavy (non-hydrogen) atoms. The number of pyridine rings is 1. The first-order chi connectivity index (χ1) is 6.24. The molecule has 1 heterocycles. The lowest BCUT2D eigenvalue weighted by Gasteiger charge is -2.05. The number of halogens is 1. The number of aliphatic hydroxyl groups is 1. The van der Waals surface area contributed by atoms with Crippen LogP contribution in [0.2, 0.25) is 0 Å². The second-order valence-corrected chi connectivity index (χ2v) is 2.40. The van der Waals surface area contributed by atoms with Gasteiger partial charge in [-0.05, 0) is 0 Å². The predicted octanol–water partition coefficient (Wildman–Crippen LogP) is 0.561. The molecule has 0 saturated heterocycles. The van der Waals surface area contributed by atoms with Gasteiger partial charge in [0.25, 0.3) is 0 Å². The van der Waals surface area contributed by atoms with Crippen molar-refractivity contribution in [1.82, 2.24) is 4.98 Å². The van der Waals surface area contributed by atoms with Gasteiger partial charge in [-0.2, -0.15) is 0 Å². The van der Waals surface area contributed by atoms with Crippen molar-refractivity contribution in [2.45, 2.75) is 13.3 Å². The van der Waals surface area contributed by atoms with Crippen molar-refractivity contribution in [3.05, 3.63) is 23.0 Å². The molecule has 0 bridgehead atoms. The van der Waals surface area contributed by atoms with Crippen LogP contribution in [0.3, 0.4) is 0 Å². The van der Waals surface area contributed by atoms with Crippen LogP contribution in [0.5, 0.6) is 5.75 Å². The van der Waals surface area contributed by atoms with Crippen LogP contribution in [0, 0.1) is 0 Å². The van der Waals surface area contributed by atoms with Crippen LogP contribution in [0.1, 0.15) is 21.6 Å². The monoisotopic (exact) mass is 185 g/mol. The highest BCUT2D eigenvalue weighted by molar-refractivity contribution is 5.81. The fraction of sp³-hybridized carbons (Fsp3) is 0.250. The van der Waals surface area contributed by atoms with Gasteiger partial charge in [0.15, 0.2) is 12.0 Å². The lowest BCUT2D eigenvalue weighted by Crippen LogP contribution is -1.98. The van der Waals surface area contributed by atoms with Gasteiger partial charge in [0.1, 0.15) is 12.4 Å². The number of aromatic hydroxyl groups is 1. The Morgan fingerprint density at radius 1 is 1.62 bits per heavy atom. The molecular formula is C8H8FNO3. The predicted molar refractivity (Wildman–Crippen MR) is 42.0 cm³/mol. The summed E-state index contributed by atoms with van der Waals surface area (Å²) in [6.07, 6.45) is 1.53. The molecular weight excluding hydrogens is 177 g/mol. The van der Waals surface area contributed by atoms with Gasteiger partial charge in [-0.15, -0.1) is 0 Å². The number of aromatic nitrogens is 1. The molecule has 0 amide bonds. The van der Waals surface area contributed by atoms with Gasteiger partial charge in [-0.25, -0.2) is 4.39 Å². The minimum absolute atomic E-state index is 0.106. The molecule has 0 unspecified atom stereocenters. The van der Waals surface area contributed by atoms with Gasteiger partial charge in [-0.1, -0.05) is 0 Å². The molecule has 5 heteroatoms. The molecule has 0 fully saturated rings. The molecule has 0 aromatic carbocycles. The summed E-state index contributed by atoms with van der Waals surface area (Å²) in [7, 11) is 0. The fourth-order valence-corrected chi connectivity index (χ4v) is 0.949. The fourth-order valence-electron chi connectivity index (χ4n) is 0.949. The standard InChI is InChI=1S/C8H8FNO3/c9-1-7-8(13)6(4-12)5(3-11)2-10-7/h2,4,11,13H,1,3H2. The molecule has 0 aliphatic carbocycles. The number of aliphatic hydroxyl groups excluding tert-OH is 1. The van der Waals surface area contributed by atoms with E-state index in [1.807, 2.05) is 0 Å². The third-order valence-corrected chi connectivity index (χ3v) is 1.67. The summed E-state index contributed by atoms with van der Waals surface area (Å²) >= 11 is 0. The van der Waals surface area contributed by atoms with E-state index < -0.39 is 19.0 Å². The average molecular weight is 185 g/mol. The van der Waals surface area contributed by atoms with E-state index in [-0.39, 0.29) is 16.8 Å². The number of carbonyl (C=O) groups is 1. The number of aldehydes is 1. The number of rotatable bonds is 3. The molecule has 70 valence electrons. The van der Waals surface area contributed by atoms with Crippen molar-refractivity contribution >= 4 is 6.29 Å². The Morgan fingerprint density at radius 2 is 2.31 bits per heavy atom. The topological polar surface area (TPSA) is 70.4 Å². The molecule has 4 nitrogen and oxygen atoms in total. The number of hydrogen-bond donors (Lipinski definition) is 2. The van der Waals surface area contributed by atoms with Gasteiger partial charge >= 0.3 is 0 Å². The van der Waals surface area contributed by atoms with Gasteiger partial charge in [0.2, 0.25) is 0 Å². The lowest BCUT2D eigenvalue weighted by molar-refractivity contribution is 0.111. The Bertz CT molecular complexity index is 327. The highest BCUT2D eigenvalue weighted by atomic mass is 19.1. The number of carbonyl (C=O) groups excluding carboxylic acids is 1. The number of nitrogens with zero attached hydrogens (tertiary/aromatic N) is 1. The average Bonchev–Trinajstić information content (AvgIpc) is 2.17. The maximum atomic E-state index is 12.1. The smallest absolute Gasteiger partial charge is 0.154 e. The molecule has 0 atom stereocenters. The normalized spacial score (nSPS) is 10.0. The largest absolute Gasteiger partial charge is 0.505 e. The van der Waals surface area contributed by atoms with Crippen LogP contribution >= 0.6 is 0 Å². The minimum atomic E-state index is -0.946. The second-order valence-electron chi connectivity index (χ2n) is 2.40. The van der Waals surface area contributed by atoms with Crippen molar-refractivity contribution in [2.75, 3.05) is 0 Å². The molecule has 0 aliphatic heterocycles. The SMILES string of the molecule is O=Cc1c(CO)cnc(CF)c1O. The van der Waals surface area contributed by atoms with E-state index in [2.05, 4.69) is 4.98 Å². The van der Waals surface area contributed by atoms with Gasteiger partial charge in [0, 0.05) is 11.8 Å². The summed E-state index contributed by atoms with van der Waals surface area (Å²) in [5.41, 5.74) is -0.117. The third kappa shape index (κ3) is 1.65. The highest BCUT2D eigenvalue weighted by Crippen LogP contribution is 2.23. The zero-order chi connectivity index (χ0) is 9.84. The summed E-state index contributed by atoms with van der Waals surface area (Å²) in [5, 5.41) is 18.0. The molecule has 0 saturated carbocycles. The van der Waals surface area contributed by atoms with Crippen LogP contribution in [-0.2, 0) is 13.3 Å². The summed E-state index contributed by atoms with van der Waals surface area (Å²) in [6.45, 7) is -1.36. The zero-order valence-corrected chi connectivity index (χ0v) is 6.70. The van der Waals surface area contributed by atoms with E-state index in [1.165, 1.54) is 6.20 Å². The van der Waals surface area contributed by atoms with E-state index in [0.29, 0.717) is 6.29 Å². The number of alkyl halides is 1. The molecule has 0 aliphatic rings. The summed E-state index contributed by atoms with van der Waals surface area (Å²) in [6, 6.07) is 0. The van der Waals surface area contributed by atoms with Gasteiger partial charge in [0.05, 0.1) is 12.2 Å². The van der Waals surface area contributed by atoms with Crippen molar-refractivity contribution in [3.8, 4) is 5.75 Å². The minimum Gasteiger partial charge on any atom is -0.505 e. The zero-order valence-electron chi connectivity index (χ0n) is 6.70. The Kier molecular flexibility index (Phi) is 2.92. The maximum Gasteiger partial charge on any atom is 0.154 e. The molecule has 1 aromatic heterocycles. The van der Waals surface area contributed by atoms with E-state index in [1.54, 1.807) is 0 Å². The quantitative estimate of drug-likeness (QED) is 0.675. The van der Waals surface area contributed by atoms with Gasteiger partial charge < -0.3 is 10.2 Å². The van der Waals surface area contributed by atoms with Crippen molar-refractivity contribution in [3.63, 3.8) is 0 Å². The molecule has 0 radical (unpaired) electrons. The molecule has 1 aromatic rings. The summed E-state index contributed by atoms with van der Waals surface area (Å²) in [4.78, 5) is 14.0. The van der Waals surface area contributed by atoms with E-state index in [4.69, 9.17) is 5.11 Å². The highest BCUT2D eigenvalue weighted by Gasteiger charge is 2.12. The Hall–Kier alpha value is -1.49. The van der Waals surface area contributed by atoms with E-state index >= 15 is 0 Å². The van der Waals surface area contributed by atoms with Crippen LogP contribution in [0.25, 0.3) is 0 Å². The maximum absolute atomic E-state index is 12.1. The number of hydrogen-bond acceptors (Lipinski definition) is 4. The van der Waals surface area contributed by atoms with Crippen molar-refractivity contribution < 1.29 is 19.4 Å². The van der Waals surface area contributed by atoms with Crippen molar-refractivity contribution in [2.24, 2.45) is 0 Å². The first-order valence-corrected chi connectivity index (χ1v) is 3.56. The van der Waals surface area contributed by atoms with Gasteiger partial charge in [-0.3, -0.25) is 9.78 Å². The molecule has 2 N–H and O–H groups in total. The second kappa shape index (κ2) is 3.95. The Morgan fingerprint density at radius 3 is 2.77 bits per heavy atom. The first kappa shape index (κ1) is 9.60. The lowest BCUT2D eigenvalue weighted by atomic mass is 10.1. The Balaban J connectivity index is 3.31. The third-order valence-electron chi connectivity index (χ3n) is 1.67. The van der Waals surface area contributed by atoms with E-state index in [9.17, 15) is 14.3 Å². The molecule has 0 spiro atoms. The Labute approximate surface area is 73.7 Å².